The van der Waals surface area contributed by atoms with Crippen molar-refractivity contribution in [1.82, 2.24) is 0 Å². The summed E-state index contributed by atoms with van der Waals surface area (Å²) in [6.45, 7) is 0.325. The van der Waals surface area contributed by atoms with Crippen molar-refractivity contribution in [2.75, 3.05) is 20.8 Å². The van der Waals surface area contributed by atoms with Gasteiger partial charge >= 0.3 is 5.97 Å². The fourth-order valence-electron chi connectivity index (χ4n) is 2.36. The van der Waals surface area contributed by atoms with E-state index in [1.54, 1.807) is 12.1 Å². The number of hydrogen-bond donors (Lipinski definition) is 0. The number of ether oxygens (including phenoxy) is 4. The predicted octanol–water partition coefficient (Wildman–Crippen LogP) is 3.32. The van der Waals surface area contributed by atoms with Gasteiger partial charge in [0.2, 0.25) is 5.75 Å². The molecule has 0 aliphatic heterocycles. The number of non-ortho nitro benzene ring substituents is 1. The van der Waals surface area contributed by atoms with Gasteiger partial charge in [-0.05, 0) is 36.2 Å². The van der Waals surface area contributed by atoms with Gasteiger partial charge in [0.05, 0.1) is 39.2 Å². The quantitative estimate of drug-likeness (QED) is 0.203. The molecule has 0 heterocycles. The molecule has 0 saturated heterocycles. The number of esters is 1. The molecule has 0 aromatic heterocycles. The van der Waals surface area contributed by atoms with E-state index in [2.05, 4.69) is 0 Å². The third-order valence-corrected chi connectivity index (χ3v) is 3.80. The van der Waals surface area contributed by atoms with Crippen molar-refractivity contribution >= 4 is 19.5 Å². The van der Waals surface area contributed by atoms with Crippen LogP contribution in [0.5, 0.6) is 17.2 Å². The van der Waals surface area contributed by atoms with Crippen LogP contribution in [0.25, 0.3) is 0 Å². The van der Waals surface area contributed by atoms with Crippen molar-refractivity contribution in [2.45, 2.75) is 19.3 Å². The lowest BCUT2D eigenvalue weighted by atomic mass is 10.0. The molecule has 0 spiro atoms. The molecule has 0 bridgehead atoms. The fourth-order valence-corrected chi connectivity index (χ4v) is 2.36. The Hall–Kier alpha value is -3.23. The summed E-state index contributed by atoms with van der Waals surface area (Å²) in [4.78, 5) is 22.5. The van der Waals surface area contributed by atoms with Crippen molar-refractivity contribution < 1.29 is 28.7 Å². The van der Waals surface area contributed by atoms with Crippen molar-refractivity contribution in [1.29, 1.82) is 0 Å². The van der Waals surface area contributed by atoms with Crippen LogP contribution in [0.2, 0.25) is 6.32 Å². The Morgan fingerprint density at radius 3 is 2.36 bits per heavy atom. The smallest absolute Gasteiger partial charge is 0.338 e. The van der Waals surface area contributed by atoms with Gasteiger partial charge in [0, 0.05) is 12.1 Å². The molecule has 9 heteroatoms. The predicted molar refractivity (Wildman–Crippen MR) is 102 cm³/mol. The number of hydrogen-bond acceptors (Lipinski definition) is 7. The van der Waals surface area contributed by atoms with E-state index in [-0.39, 0.29) is 30.2 Å². The van der Waals surface area contributed by atoms with Crippen LogP contribution in [0.1, 0.15) is 22.3 Å². The zero-order valence-corrected chi connectivity index (χ0v) is 15.7. The molecule has 0 fully saturated rings. The average molecular weight is 385 g/mol. The molecule has 0 unspecified atom stereocenters. The molecule has 0 saturated carbocycles. The minimum Gasteiger partial charge on any atom is -0.493 e. The SMILES string of the molecule is [B]CCCOC(=O)c1cc(OC)c(OC)c(OCc2ccc([N+](=O)[O-])cc2)c1. The van der Waals surface area contributed by atoms with Crippen LogP contribution >= 0.6 is 0 Å². The molecule has 0 atom stereocenters. The normalized spacial score (nSPS) is 10.2. The Balaban J connectivity index is 2.21. The van der Waals surface area contributed by atoms with Gasteiger partial charge in [-0.3, -0.25) is 10.1 Å². The van der Waals surface area contributed by atoms with Gasteiger partial charge in [-0.15, -0.1) is 0 Å². The molecule has 2 rings (SSSR count). The average Bonchev–Trinajstić information content (AvgIpc) is 2.71. The van der Waals surface area contributed by atoms with Crippen LogP contribution in [0, 0.1) is 10.1 Å². The van der Waals surface area contributed by atoms with E-state index in [4.69, 9.17) is 26.8 Å². The topological polar surface area (TPSA) is 97.1 Å². The number of methoxy groups -OCH3 is 2. The summed E-state index contributed by atoms with van der Waals surface area (Å²) in [6.07, 6.45) is 0.978. The first-order valence-electron chi connectivity index (χ1n) is 8.49. The summed E-state index contributed by atoms with van der Waals surface area (Å²) in [7, 11) is 8.30. The highest BCUT2D eigenvalue weighted by atomic mass is 16.6. The second-order valence-electron chi connectivity index (χ2n) is 5.70. The molecule has 0 N–H and O–H groups in total. The molecule has 0 aliphatic carbocycles. The van der Waals surface area contributed by atoms with Crippen LogP contribution < -0.4 is 14.2 Å². The Bertz CT molecular complexity index is 824. The number of nitrogens with zero attached hydrogens (tertiary/aromatic N) is 1. The van der Waals surface area contributed by atoms with Gasteiger partial charge in [0.1, 0.15) is 6.61 Å². The van der Waals surface area contributed by atoms with Gasteiger partial charge < -0.3 is 18.9 Å². The Morgan fingerprint density at radius 2 is 1.79 bits per heavy atom. The molecule has 0 amide bonds. The number of carbonyl (C=O) groups is 1. The molecule has 2 aromatic rings. The molecular weight excluding hydrogens is 365 g/mol. The third-order valence-electron chi connectivity index (χ3n) is 3.80. The highest BCUT2D eigenvalue weighted by Crippen LogP contribution is 2.39. The van der Waals surface area contributed by atoms with Gasteiger partial charge in [-0.2, -0.15) is 0 Å². The van der Waals surface area contributed by atoms with Crippen LogP contribution in [0.15, 0.2) is 36.4 Å². The maximum atomic E-state index is 12.2. The summed E-state index contributed by atoms with van der Waals surface area (Å²) in [6, 6.07) is 8.96. The summed E-state index contributed by atoms with van der Waals surface area (Å²) in [5.74, 6) is 0.387. The van der Waals surface area contributed by atoms with E-state index in [0.717, 1.165) is 0 Å². The highest BCUT2D eigenvalue weighted by molar-refractivity contribution is 6.08. The Labute approximate surface area is 163 Å². The fraction of sp³-hybridized carbons (Fsp3) is 0.316. The minimum absolute atomic E-state index is 0.00905. The van der Waals surface area contributed by atoms with Crippen molar-refractivity contribution in [3.8, 4) is 17.2 Å². The van der Waals surface area contributed by atoms with E-state index < -0.39 is 10.9 Å². The van der Waals surface area contributed by atoms with E-state index in [1.165, 1.54) is 38.5 Å². The van der Waals surface area contributed by atoms with E-state index in [1.807, 2.05) is 0 Å². The molecule has 2 aromatic carbocycles. The lowest BCUT2D eigenvalue weighted by Crippen LogP contribution is -2.08. The largest absolute Gasteiger partial charge is 0.493 e. The van der Waals surface area contributed by atoms with Gasteiger partial charge in [0.25, 0.3) is 5.69 Å². The number of nitro benzene ring substituents is 1. The van der Waals surface area contributed by atoms with E-state index >= 15 is 0 Å². The first-order chi connectivity index (χ1) is 13.5. The summed E-state index contributed by atoms with van der Waals surface area (Å²) in [5, 5.41) is 10.7. The zero-order valence-electron chi connectivity index (χ0n) is 15.7. The first-order valence-corrected chi connectivity index (χ1v) is 8.49. The summed E-state index contributed by atoms with van der Waals surface area (Å²) < 4.78 is 21.5. The van der Waals surface area contributed by atoms with Gasteiger partial charge in [-0.1, -0.05) is 6.32 Å². The third kappa shape index (κ3) is 5.39. The summed E-state index contributed by atoms with van der Waals surface area (Å²) in [5.41, 5.74) is 0.945. The Morgan fingerprint density at radius 1 is 1.11 bits per heavy atom. The maximum Gasteiger partial charge on any atom is 0.338 e. The van der Waals surface area contributed by atoms with Crippen LogP contribution in [0.4, 0.5) is 5.69 Å². The van der Waals surface area contributed by atoms with Crippen LogP contribution in [-0.4, -0.2) is 39.6 Å². The highest BCUT2D eigenvalue weighted by Gasteiger charge is 2.18. The molecule has 8 nitrogen and oxygen atoms in total. The number of rotatable bonds is 10. The zero-order chi connectivity index (χ0) is 20.5. The molecule has 2 radical (unpaired) electrons. The number of nitro groups is 1. The first kappa shape index (κ1) is 21.1. The number of benzene rings is 2. The number of carbonyl (C=O) groups excluding carboxylic acids is 1. The van der Waals surface area contributed by atoms with Gasteiger partial charge in [0.15, 0.2) is 11.5 Å². The van der Waals surface area contributed by atoms with Crippen molar-refractivity contribution in [2.24, 2.45) is 0 Å². The maximum absolute atomic E-state index is 12.2. The second-order valence-corrected chi connectivity index (χ2v) is 5.70. The lowest BCUT2D eigenvalue weighted by molar-refractivity contribution is -0.384. The van der Waals surface area contributed by atoms with Crippen molar-refractivity contribution in [3.05, 3.63) is 57.6 Å². The van der Waals surface area contributed by atoms with Gasteiger partial charge in [-0.25, -0.2) is 4.79 Å². The molecule has 0 aliphatic rings. The molecular formula is C19H20BNO7. The second kappa shape index (κ2) is 10.2. The van der Waals surface area contributed by atoms with E-state index in [9.17, 15) is 14.9 Å². The van der Waals surface area contributed by atoms with Crippen LogP contribution in [-0.2, 0) is 11.3 Å². The minimum atomic E-state index is -0.533. The summed E-state index contributed by atoms with van der Waals surface area (Å²) >= 11 is 0. The van der Waals surface area contributed by atoms with E-state index in [0.29, 0.717) is 29.8 Å². The monoisotopic (exact) mass is 385 g/mol. The van der Waals surface area contributed by atoms with Crippen LogP contribution in [0.3, 0.4) is 0 Å². The standard InChI is InChI=1S/C19H20BNO7/c1-25-16-10-14(19(22)27-9-3-8-20)11-17(18(16)26-2)28-12-13-4-6-15(7-5-13)21(23)24/h4-7,10-11H,3,8-9,12H2,1-2H3. The lowest BCUT2D eigenvalue weighted by Gasteiger charge is -2.15. The Kier molecular flexibility index (Phi) is 7.68. The molecule has 146 valence electrons. The van der Waals surface area contributed by atoms with Crippen molar-refractivity contribution in [3.63, 3.8) is 0 Å². The molecule has 28 heavy (non-hydrogen) atoms.